The summed E-state index contributed by atoms with van der Waals surface area (Å²) >= 11 is 0. The highest BCUT2D eigenvalue weighted by Crippen LogP contribution is 2.27. The molecule has 3 nitrogen and oxygen atoms in total. The number of aromatic nitrogens is 2. The minimum atomic E-state index is -0.930. The van der Waals surface area contributed by atoms with Gasteiger partial charge in [-0.25, -0.2) is 18.7 Å². The molecule has 0 aliphatic rings. The van der Waals surface area contributed by atoms with Crippen LogP contribution in [0.1, 0.15) is 26.6 Å². The van der Waals surface area contributed by atoms with E-state index < -0.39 is 11.6 Å². The van der Waals surface area contributed by atoms with E-state index in [0.29, 0.717) is 5.82 Å². The lowest BCUT2D eigenvalue weighted by atomic mass is 9.95. The Kier molecular flexibility index (Phi) is 3.22. The molecule has 0 spiro atoms. The van der Waals surface area contributed by atoms with Crippen LogP contribution in [0.25, 0.3) is 11.3 Å². The van der Waals surface area contributed by atoms with Crippen LogP contribution in [-0.4, -0.2) is 9.97 Å². The number of nitrogen functional groups attached to an aromatic ring is 1. The third kappa shape index (κ3) is 2.70. The van der Waals surface area contributed by atoms with Crippen LogP contribution in [0.5, 0.6) is 0 Å². The van der Waals surface area contributed by atoms with Gasteiger partial charge in [0, 0.05) is 17.0 Å². The molecule has 0 amide bonds. The van der Waals surface area contributed by atoms with Crippen molar-refractivity contribution in [1.82, 2.24) is 9.97 Å². The van der Waals surface area contributed by atoms with Crippen LogP contribution in [0, 0.1) is 11.6 Å². The van der Waals surface area contributed by atoms with Gasteiger partial charge in [-0.05, 0) is 12.1 Å². The van der Waals surface area contributed by atoms with Gasteiger partial charge in [-0.15, -0.1) is 0 Å². The average Bonchev–Trinajstić information content (AvgIpc) is 2.31. The fourth-order valence-corrected chi connectivity index (χ4v) is 1.64. The Bertz CT molecular complexity index is 619. The molecule has 0 aliphatic heterocycles. The first-order chi connectivity index (χ1) is 8.79. The van der Waals surface area contributed by atoms with Crippen molar-refractivity contribution < 1.29 is 8.78 Å². The Balaban J connectivity index is 2.63. The second-order valence-electron chi connectivity index (χ2n) is 5.35. The smallest absolute Gasteiger partial charge is 0.168 e. The molecule has 0 unspecified atom stereocenters. The first-order valence-electron chi connectivity index (χ1n) is 5.88. The molecule has 0 saturated carbocycles. The van der Waals surface area contributed by atoms with Crippen molar-refractivity contribution in [3.8, 4) is 11.3 Å². The van der Waals surface area contributed by atoms with E-state index in [-0.39, 0.29) is 22.5 Å². The molecular formula is C14H15F2N3. The highest BCUT2D eigenvalue weighted by Gasteiger charge is 2.20. The predicted octanol–water partition coefficient (Wildman–Crippen LogP) is 3.30. The van der Waals surface area contributed by atoms with Crippen molar-refractivity contribution in [1.29, 1.82) is 0 Å². The summed E-state index contributed by atoms with van der Waals surface area (Å²) < 4.78 is 27.0. The Morgan fingerprint density at radius 1 is 1.11 bits per heavy atom. The Labute approximate surface area is 110 Å². The van der Waals surface area contributed by atoms with E-state index in [1.54, 1.807) is 0 Å². The van der Waals surface area contributed by atoms with Gasteiger partial charge < -0.3 is 5.73 Å². The summed E-state index contributed by atoms with van der Waals surface area (Å²) in [6.07, 6.45) is 0. The first-order valence-corrected chi connectivity index (χ1v) is 5.88. The largest absolute Gasteiger partial charge is 0.384 e. The number of hydrogen-bond acceptors (Lipinski definition) is 3. The van der Waals surface area contributed by atoms with E-state index in [0.717, 1.165) is 6.07 Å². The highest BCUT2D eigenvalue weighted by molar-refractivity contribution is 5.62. The Morgan fingerprint density at radius 2 is 1.79 bits per heavy atom. The number of benzene rings is 1. The number of rotatable bonds is 1. The maximum Gasteiger partial charge on any atom is 0.168 e. The lowest BCUT2D eigenvalue weighted by molar-refractivity contribution is 0.510. The van der Waals surface area contributed by atoms with Crippen molar-refractivity contribution in [3.63, 3.8) is 0 Å². The molecule has 100 valence electrons. The molecular weight excluding hydrogens is 248 g/mol. The van der Waals surface area contributed by atoms with Crippen LogP contribution in [0.4, 0.5) is 14.6 Å². The predicted molar refractivity (Wildman–Crippen MR) is 70.5 cm³/mol. The molecule has 2 N–H and O–H groups in total. The number of hydrogen-bond donors (Lipinski definition) is 1. The second-order valence-corrected chi connectivity index (χ2v) is 5.35. The topological polar surface area (TPSA) is 51.8 Å². The fourth-order valence-electron chi connectivity index (χ4n) is 1.64. The molecule has 0 aliphatic carbocycles. The third-order valence-electron chi connectivity index (χ3n) is 2.64. The summed E-state index contributed by atoms with van der Waals surface area (Å²) in [7, 11) is 0. The molecule has 0 bridgehead atoms. The van der Waals surface area contributed by atoms with Gasteiger partial charge in [0.25, 0.3) is 0 Å². The lowest BCUT2D eigenvalue weighted by Crippen LogP contribution is -2.17. The van der Waals surface area contributed by atoms with Gasteiger partial charge in [0.2, 0.25) is 0 Å². The maximum absolute atomic E-state index is 13.8. The second kappa shape index (κ2) is 4.57. The fraction of sp³-hybridized carbons (Fsp3) is 0.286. The zero-order valence-electron chi connectivity index (χ0n) is 11.0. The molecule has 0 atom stereocenters. The average molecular weight is 263 g/mol. The normalized spacial score (nSPS) is 11.6. The lowest BCUT2D eigenvalue weighted by Gasteiger charge is -2.18. The van der Waals surface area contributed by atoms with E-state index in [4.69, 9.17) is 5.73 Å². The van der Waals surface area contributed by atoms with Gasteiger partial charge in [0.15, 0.2) is 11.6 Å². The molecule has 2 aromatic rings. The standard InChI is InChI=1S/C14H15F2N3/c1-14(2,3)13-18-10(7-11(17)19-13)8-5-4-6-9(15)12(8)16/h4-7H,1-3H3,(H2,17,18,19). The summed E-state index contributed by atoms with van der Waals surface area (Å²) in [6.45, 7) is 5.77. The monoisotopic (exact) mass is 263 g/mol. The van der Waals surface area contributed by atoms with Crippen molar-refractivity contribution in [2.45, 2.75) is 26.2 Å². The Hall–Kier alpha value is -2.04. The minimum absolute atomic E-state index is 0.0830. The molecule has 2 rings (SSSR count). The SMILES string of the molecule is CC(C)(C)c1nc(N)cc(-c2cccc(F)c2F)n1. The van der Waals surface area contributed by atoms with Crippen molar-refractivity contribution in [2.75, 3.05) is 5.73 Å². The summed E-state index contributed by atoms with van der Waals surface area (Å²) in [5.74, 6) is -1.11. The third-order valence-corrected chi connectivity index (χ3v) is 2.64. The van der Waals surface area contributed by atoms with E-state index in [2.05, 4.69) is 9.97 Å². The number of anilines is 1. The van der Waals surface area contributed by atoms with Gasteiger partial charge in [0.05, 0.1) is 5.69 Å². The molecule has 0 saturated heterocycles. The van der Waals surface area contributed by atoms with Gasteiger partial charge in [-0.1, -0.05) is 26.8 Å². The van der Waals surface area contributed by atoms with Gasteiger partial charge >= 0.3 is 0 Å². The minimum Gasteiger partial charge on any atom is -0.384 e. The van der Waals surface area contributed by atoms with E-state index >= 15 is 0 Å². The van der Waals surface area contributed by atoms with Crippen LogP contribution in [0.2, 0.25) is 0 Å². The number of nitrogens with two attached hydrogens (primary N) is 1. The van der Waals surface area contributed by atoms with Crippen molar-refractivity contribution in [3.05, 3.63) is 41.7 Å². The summed E-state index contributed by atoms with van der Waals surface area (Å²) in [5, 5.41) is 0. The molecule has 0 fully saturated rings. The molecule has 19 heavy (non-hydrogen) atoms. The van der Waals surface area contributed by atoms with Crippen LogP contribution in [0.15, 0.2) is 24.3 Å². The highest BCUT2D eigenvalue weighted by atomic mass is 19.2. The number of nitrogens with zero attached hydrogens (tertiary/aromatic N) is 2. The van der Waals surface area contributed by atoms with Crippen molar-refractivity contribution >= 4 is 5.82 Å². The van der Waals surface area contributed by atoms with Crippen LogP contribution in [0.3, 0.4) is 0 Å². The van der Waals surface area contributed by atoms with Crippen LogP contribution < -0.4 is 5.73 Å². The maximum atomic E-state index is 13.8. The quantitative estimate of drug-likeness (QED) is 0.858. The summed E-state index contributed by atoms with van der Waals surface area (Å²) in [4.78, 5) is 8.41. The zero-order chi connectivity index (χ0) is 14.2. The van der Waals surface area contributed by atoms with Crippen LogP contribution in [-0.2, 0) is 5.41 Å². The zero-order valence-corrected chi connectivity index (χ0v) is 11.0. The first kappa shape index (κ1) is 13.4. The molecule has 5 heteroatoms. The Morgan fingerprint density at radius 3 is 2.42 bits per heavy atom. The molecule has 0 radical (unpaired) electrons. The number of halogens is 2. The van der Waals surface area contributed by atoms with Crippen LogP contribution >= 0.6 is 0 Å². The van der Waals surface area contributed by atoms with E-state index in [1.165, 1.54) is 18.2 Å². The summed E-state index contributed by atoms with van der Waals surface area (Å²) in [5.41, 5.74) is 5.76. The van der Waals surface area contributed by atoms with Gasteiger partial charge in [-0.2, -0.15) is 0 Å². The van der Waals surface area contributed by atoms with Gasteiger partial charge in [-0.3, -0.25) is 0 Å². The van der Waals surface area contributed by atoms with E-state index in [9.17, 15) is 8.78 Å². The van der Waals surface area contributed by atoms with Gasteiger partial charge in [0.1, 0.15) is 11.6 Å². The summed E-state index contributed by atoms with van der Waals surface area (Å²) in [6, 6.07) is 5.40. The van der Waals surface area contributed by atoms with E-state index in [1.807, 2.05) is 20.8 Å². The van der Waals surface area contributed by atoms with Crippen molar-refractivity contribution in [2.24, 2.45) is 0 Å². The molecule has 1 aromatic carbocycles. The molecule has 1 heterocycles. The molecule has 1 aromatic heterocycles.